The van der Waals surface area contributed by atoms with Gasteiger partial charge in [0.15, 0.2) is 0 Å². The first-order valence-electron chi connectivity index (χ1n) is 4.02. The molecule has 0 fully saturated rings. The third-order valence-electron chi connectivity index (χ3n) is 2.48. The molecule has 5 nitrogen and oxygen atoms in total. The van der Waals surface area contributed by atoms with Gasteiger partial charge < -0.3 is 15.9 Å². The minimum atomic E-state index is -1.55. The van der Waals surface area contributed by atoms with Crippen molar-refractivity contribution in [3.8, 4) is 0 Å². The number of carbonyl (C=O) groups is 2. The van der Waals surface area contributed by atoms with Gasteiger partial charge in [0.05, 0.1) is 5.57 Å². The van der Waals surface area contributed by atoms with Crippen molar-refractivity contribution in [1.29, 1.82) is 0 Å². The molecule has 0 heterocycles. The molecule has 0 radical (unpaired) electrons. The van der Waals surface area contributed by atoms with Gasteiger partial charge in [0.25, 0.3) is 0 Å². The maximum absolute atomic E-state index is 11.0. The highest BCUT2D eigenvalue weighted by Crippen LogP contribution is 2.34. The third-order valence-corrected chi connectivity index (χ3v) is 2.48. The Hall–Kier alpha value is -1.62. The third kappa shape index (κ3) is 1.31. The van der Waals surface area contributed by atoms with E-state index in [0.29, 0.717) is 0 Å². The van der Waals surface area contributed by atoms with E-state index in [4.69, 9.17) is 15.9 Å². The van der Waals surface area contributed by atoms with Crippen LogP contribution < -0.4 is 5.73 Å². The highest BCUT2D eigenvalue weighted by atomic mass is 16.4. The highest BCUT2D eigenvalue weighted by Gasteiger charge is 2.46. The van der Waals surface area contributed by atoms with E-state index in [1.165, 1.54) is 25.2 Å². The molecule has 0 amide bonds. The Kier molecular flexibility index (Phi) is 2.44. The maximum Gasteiger partial charge on any atom is 0.332 e. The maximum atomic E-state index is 11.0. The summed E-state index contributed by atoms with van der Waals surface area (Å²) in [6.45, 7) is 1.31. The van der Waals surface area contributed by atoms with E-state index in [2.05, 4.69) is 0 Å². The summed E-state index contributed by atoms with van der Waals surface area (Å²) in [6.07, 6.45) is 4.19. The number of carboxylic acids is 2. The summed E-state index contributed by atoms with van der Waals surface area (Å²) in [6, 6.07) is -0.823. The van der Waals surface area contributed by atoms with Crippen LogP contribution in [0.3, 0.4) is 0 Å². The van der Waals surface area contributed by atoms with Crippen molar-refractivity contribution < 1.29 is 19.8 Å². The SMILES string of the molecule is C[C@@]1(C(=O)O)C(C(=O)O)=CC=C[C@@H]1N. The van der Waals surface area contributed by atoms with E-state index < -0.39 is 23.4 Å². The van der Waals surface area contributed by atoms with Gasteiger partial charge in [0, 0.05) is 6.04 Å². The summed E-state index contributed by atoms with van der Waals surface area (Å²) >= 11 is 0. The van der Waals surface area contributed by atoms with Gasteiger partial charge in [0.1, 0.15) is 5.41 Å². The largest absolute Gasteiger partial charge is 0.481 e. The van der Waals surface area contributed by atoms with Crippen LogP contribution in [-0.4, -0.2) is 28.2 Å². The Labute approximate surface area is 80.5 Å². The van der Waals surface area contributed by atoms with Gasteiger partial charge in [-0.3, -0.25) is 4.79 Å². The lowest BCUT2D eigenvalue weighted by atomic mass is 9.73. The van der Waals surface area contributed by atoms with Crippen LogP contribution in [0.2, 0.25) is 0 Å². The van der Waals surface area contributed by atoms with Crippen molar-refractivity contribution in [2.75, 3.05) is 0 Å². The Balaban J connectivity index is 3.25. The lowest BCUT2D eigenvalue weighted by molar-refractivity contribution is -0.149. The minimum Gasteiger partial charge on any atom is -0.481 e. The number of allylic oxidation sites excluding steroid dienone is 2. The lowest BCUT2D eigenvalue weighted by Crippen LogP contribution is -2.48. The van der Waals surface area contributed by atoms with Gasteiger partial charge in [-0.2, -0.15) is 0 Å². The molecule has 0 aliphatic heterocycles. The summed E-state index contributed by atoms with van der Waals surface area (Å²) in [5, 5.41) is 17.8. The zero-order valence-electron chi connectivity index (χ0n) is 7.60. The molecular formula is C9H11NO4. The van der Waals surface area contributed by atoms with Crippen molar-refractivity contribution in [2.45, 2.75) is 13.0 Å². The van der Waals surface area contributed by atoms with Crippen LogP contribution in [0.1, 0.15) is 6.92 Å². The van der Waals surface area contributed by atoms with Gasteiger partial charge in [0.2, 0.25) is 0 Å². The smallest absolute Gasteiger partial charge is 0.332 e. The number of rotatable bonds is 2. The normalized spacial score (nSPS) is 31.0. The molecule has 0 aromatic rings. The zero-order chi connectivity index (χ0) is 10.9. The average molecular weight is 197 g/mol. The quantitative estimate of drug-likeness (QED) is 0.577. The molecule has 76 valence electrons. The van der Waals surface area contributed by atoms with Crippen LogP contribution in [0.25, 0.3) is 0 Å². The molecule has 0 saturated heterocycles. The Morgan fingerprint density at radius 2 is 2.07 bits per heavy atom. The summed E-state index contributed by atoms with van der Waals surface area (Å²) in [7, 11) is 0. The first-order chi connectivity index (χ1) is 6.40. The van der Waals surface area contributed by atoms with Crippen molar-refractivity contribution >= 4 is 11.9 Å². The van der Waals surface area contributed by atoms with Crippen molar-refractivity contribution in [2.24, 2.45) is 11.1 Å². The molecule has 4 N–H and O–H groups in total. The molecule has 2 atom stereocenters. The molecule has 1 rings (SSSR count). The fourth-order valence-electron chi connectivity index (χ4n) is 1.37. The highest BCUT2D eigenvalue weighted by molar-refractivity contribution is 5.97. The first-order valence-corrected chi connectivity index (χ1v) is 4.02. The Bertz CT molecular complexity index is 345. The van der Waals surface area contributed by atoms with Gasteiger partial charge in [-0.05, 0) is 6.92 Å². The Morgan fingerprint density at radius 1 is 1.50 bits per heavy atom. The molecule has 0 spiro atoms. The number of carboxylic acid groups (broad SMARTS) is 2. The minimum absolute atomic E-state index is 0.194. The van der Waals surface area contributed by atoms with E-state index in [-0.39, 0.29) is 5.57 Å². The molecule has 0 saturated carbocycles. The zero-order valence-corrected chi connectivity index (χ0v) is 7.60. The number of nitrogens with two attached hydrogens (primary N) is 1. The predicted molar refractivity (Wildman–Crippen MR) is 48.6 cm³/mol. The van der Waals surface area contributed by atoms with Gasteiger partial charge in [-0.15, -0.1) is 0 Å². The van der Waals surface area contributed by atoms with Crippen LogP contribution >= 0.6 is 0 Å². The molecule has 0 aromatic heterocycles. The average Bonchev–Trinajstić information content (AvgIpc) is 2.08. The van der Waals surface area contributed by atoms with Crippen LogP contribution in [0.15, 0.2) is 23.8 Å². The number of hydrogen-bond acceptors (Lipinski definition) is 3. The Morgan fingerprint density at radius 3 is 2.43 bits per heavy atom. The van der Waals surface area contributed by atoms with Crippen molar-refractivity contribution in [1.82, 2.24) is 0 Å². The fraction of sp³-hybridized carbons (Fsp3) is 0.333. The molecular weight excluding hydrogens is 186 g/mol. The van der Waals surface area contributed by atoms with Gasteiger partial charge in [-0.1, -0.05) is 18.2 Å². The first kappa shape index (κ1) is 10.5. The van der Waals surface area contributed by atoms with E-state index in [0.717, 1.165) is 0 Å². The summed E-state index contributed by atoms with van der Waals surface area (Å²) < 4.78 is 0. The molecule has 0 aromatic carbocycles. The van der Waals surface area contributed by atoms with Crippen LogP contribution in [-0.2, 0) is 9.59 Å². The van der Waals surface area contributed by atoms with Crippen molar-refractivity contribution in [3.05, 3.63) is 23.8 Å². The van der Waals surface area contributed by atoms with E-state index in [1.807, 2.05) is 0 Å². The topological polar surface area (TPSA) is 101 Å². The molecule has 14 heavy (non-hydrogen) atoms. The fourth-order valence-corrected chi connectivity index (χ4v) is 1.37. The van der Waals surface area contributed by atoms with E-state index >= 15 is 0 Å². The van der Waals surface area contributed by atoms with E-state index in [1.54, 1.807) is 0 Å². The second kappa shape index (κ2) is 3.26. The van der Waals surface area contributed by atoms with Crippen LogP contribution in [0.4, 0.5) is 0 Å². The monoisotopic (exact) mass is 197 g/mol. The molecule has 0 bridgehead atoms. The number of hydrogen-bond donors (Lipinski definition) is 3. The van der Waals surface area contributed by atoms with E-state index in [9.17, 15) is 9.59 Å². The lowest BCUT2D eigenvalue weighted by Gasteiger charge is -2.31. The predicted octanol–water partition coefficient (Wildman–Crippen LogP) is -0.0146. The second-order valence-electron chi connectivity index (χ2n) is 3.30. The second-order valence-corrected chi connectivity index (χ2v) is 3.30. The van der Waals surface area contributed by atoms with Gasteiger partial charge >= 0.3 is 11.9 Å². The van der Waals surface area contributed by atoms with Crippen molar-refractivity contribution in [3.63, 3.8) is 0 Å². The molecule has 0 unspecified atom stereocenters. The van der Waals surface area contributed by atoms with Crippen LogP contribution in [0.5, 0.6) is 0 Å². The standard InChI is InChI=1S/C9H11NO4/c1-9(8(13)14)5(7(11)12)3-2-4-6(9)10/h2-4,6H,10H2,1H3,(H,11,12)(H,13,14)/t6-,9+/m0/s1. The van der Waals surface area contributed by atoms with Crippen LogP contribution in [0, 0.1) is 5.41 Å². The van der Waals surface area contributed by atoms with Gasteiger partial charge in [-0.25, -0.2) is 4.79 Å². The summed E-state index contributed by atoms with van der Waals surface area (Å²) in [4.78, 5) is 21.8. The molecule has 1 aliphatic rings. The molecule has 5 heteroatoms. The summed E-state index contributed by atoms with van der Waals surface area (Å²) in [5.41, 5.74) is 3.82. The summed E-state index contributed by atoms with van der Waals surface area (Å²) in [5.74, 6) is -2.49. The molecule has 1 aliphatic carbocycles. The number of aliphatic carboxylic acids is 2.